The van der Waals surface area contributed by atoms with Gasteiger partial charge in [-0.2, -0.15) is 5.26 Å². The van der Waals surface area contributed by atoms with Gasteiger partial charge in [0.25, 0.3) is 5.91 Å². The first-order valence-corrected chi connectivity index (χ1v) is 6.56. The van der Waals surface area contributed by atoms with Crippen molar-refractivity contribution in [2.24, 2.45) is 0 Å². The Morgan fingerprint density at radius 3 is 2.65 bits per heavy atom. The van der Waals surface area contributed by atoms with E-state index in [1.807, 2.05) is 19.9 Å². The third kappa shape index (κ3) is 3.90. The minimum Gasteiger partial charge on any atom is -0.319 e. The number of likely N-dealkylation sites (N-methyl/N-ethyl adjacent to an activating group) is 1. The Hall–Kier alpha value is -2.19. The van der Waals surface area contributed by atoms with E-state index in [0.29, 0.717) is 17.7 Å². The summed E-state index contributed by atoms with van der Waals surface area (Å²) in [6.07, 6.45) is 1.42. The molecule has 0 aromatic heterocycles. The van der Waals surface area contributed by atoms with Crippen molar-refractivity contribution in [3.63, 3.8) is 0 Å². The van der Waals surface area contributed by atoms with E-state index in [2.05, 4.69) is 10.6 Å². The number of rotatable bonds is 6. The quantitative estimate of drug-likeness (QED) is 0.774. The van der Waals surface area contributed by atoms with Gasteiger partial charge in [0.1, 0.15) is 0 Å². The number of hydrogen-bond donors (Lipinski definition) is 2. The smallest absolute Gasteiger partial charge is 0.293 e. The van der Waals surface area contributed by atoms with Gasteiger partial charge < -0.3 is 10.6 Å². The average Bonchev–Trinajstić information content (AvgIpc) is 2.45. The van der Waals surface area contributed by atoms with Gasteiger partial charge in [-0.15, -0.1) is 0 Å². The van der Waals surface area contributed by atoms with E-state index in [-0.39, 0.29) is 0 Å². The van der Waals surface area contributed by atoms with Crippen LogP contribution in [0.1, 0.15) is 30.9 Å². The first kappa shape index (κ1) is 15.9. The summed E-state index contributed by atoms with van der Waals surface area (Å²) in [7, 11) is 1.66. The molecule has 0 bridgehead atoms. The first-order chi connectivity index (χ1) is 9.53. The van der Waals surface area contributed by atoms with E-state index < -0.39 is 17.7 Å². The summed E-state index contributed by atoms with van der Waals surface area (Å²) in [4.78, 5) is 23.8. The number of benzene rings is 1. The number of Topliss-reactive ketones (excluding diaryl/α,β-unsaturated/α-hetero) is 1. The number of anilines is 1. The normalized spacial score (nSPS) is 11.5. The lowest BCUT2D eigenvalue weighted by Gasteiger charge is -2.13. The number of nitrogens with zero attached hydrogens (tertiary/aromatic N) is 1. The second kappa shape index (κ2) is 7.41. The molecule has 0 heterocycles. The molecule has 0 aliphatic rings. The summed E-state index contributed by atoms with van der Waals surface area (Å²) in [5, 5.41) is 14.3. The third-order valence-corrected chi connectivity index (χ3v) is 3.08. The molecule has 0 saturated heterocycles. The minimum absolute atomic E-state index is 0.455. The number of nitrogens with one attached hydrogen (secondary N) is 2. The Morgan fingerprint density at radius 2 is 2.10 bits per heavy atom. The van der Waals surface area contributed by atoms with Crippen molar-refractivity contribution < 1.29 is 9.59 Å². The topological polar surface area (TPSA) is 82.0 Å². The van der Waals surface area contributed by atoms with Gasteiger partial charge in [0.15, 0.2) is 0 Å². The van der Waals surface area contributed by atoms with Gasteiger partial charge in [-0.25, -0.2) is 0 Å². The van der Waals surface area contributed by atoms with Crippen LogP contribution in [0.3, 0.4) is 0 Å². The summed E-state index contributed by atoms with van der Waals surface area (Å²) >= 11 is 0. The fourth-order valence-corrected chi connectivity index (χ4v) is 1.87. The molecule has 106 valence electrons. The molecule has 0 fully saturated rings. The van der Waals surface area contributed by atoms with E-state index in [9.17, 15) is 9.59 Å². The van der Waals surface area contributed by atoms with Crippen molar-refractivity contribution in [1.29, 1.82) is 5.26 Å². The van der Waals surface area contributed by atoms with E-state index in [0.717, 1.165) is 12.0 Å². The molecule has 1 amide bonds. The second-order valence-corrected chi connectivity index (χ2v) is 4.59. The van der Waals surface area contributed by atoms with Crippen molar-refractivity contribution in [2.45, 2.75) is 32.7 Å². The van der Waals surface area contributed by atoms with Gasteiger partial charge in [0.2, 0.25) is 5.78 Å². The van der Waals surface area contributed by atoms with Crippen LogP contribution in [0.4, 0.5) is 5.69 Å². The standard InChI is InChI=1S/C15H19N3O2/c1-4-5-13(17-3)14(19)15(20)18-12-7-6-10(2)11(8-12)9-16/h6-8,13,17H,4-5H2,1-3H3,(H,18,20). The molecule has 0 saturated carbocycles. The van der Waals surface area contributed by atoms with Crippen LogP contribution in [0.2, 0.25) is 0 Å². The van der Waals surface area contributed by atoms with Crippen molar-refractivity contribution in [2.75, 3.05) is 12.4 Å². The van der Waals surface area contributed by atoms with E-state index in [1.165, 1.54) is 0 Å². The van der Waals surface area contributed by atoms with E-state index >= 15 is 0 Å². The zero-order valence-electron chi connectivity index (χ0n) is 12.0. The first-order valence-electron chi connectivity index (χ1n) is 6.56. The molecule has 20 heavy (non-hydrogen) atoms. The third-order valence-electron chi connectivity index (χ3n) is 3.08. The molecular weight excluding hydrogens is 254 g/mol. The maximum atomic E-state index is 12.0. The Morgan fingerprint density at radius 1 is 1.40 bits per heavy atom. The Balaban J connectivity index is 2.80. The van der Waals surface area contributed by atoms with Crippen LogP contribution in [0.5, 0.6) is 0 Å². The molecule has 0 spiro atoms. The fraction of sp³-hybridized carbons (Fsp3) is 0.400. The van der Waals surface area contributed by atoms with Gasteiger partial charge in [-0.1, -0.05) is 19.4 Å². The van der Waals surface area contributed by atoms with Crippen LogP contribution >= 0.6 is 0 Å². The van der Waals surface area contributed by atoms with Gasteiger partial charge in [0.05, 0.1) is 17.7 Å². The highest BCUT2D eigenvalue weighted by Crippen LogP contribution is 2.14. The van der Waals surface area contributed by atoms with Crippen molar-refractivity contribution in [1.82, 2.24) is 5.32 Å². The Kier molecular flexibility index (Phi) is 5.88. The number of hydrogen-bond acceptors (Lipinski definition) is 4. The zero-order valence-corrected chi connectivity index (χ0v) is 12.0. The van der Waals surface area contributed by atoms with Crippen LogP contribution in [0.25, 0.3) is 0 Å². The molecule has 5 heteroatoms. The molecule has 0 aliphatic heterocycles. The highest BCUT2D eigenvalue weighted by atomic mass is 16.2. The Labute approximate surface area is 119 Å². The highest BCUT2D eigenvalue weighted by Gasteiger charge is 2.23. The number of carbonyl (C=O) groups excluding carboxylic acids is 2. The lowest BCUT2D eigenvalue weighted by Crippen LogP contribution is -2.41. The predicted octanol–water partition coefficient (Wildman–Crippen LogP) is 1.76. The summed E-state index contributed by atoms with van der Waals surface area (Å²) in [6.45, 7) is 3.77. The number of carbonyl (C=O) groups is 2. The minimum atomic E-state index is -0.662. The van der Waals surface area contributed by atoms with Crippen LogP contribution < -0.4 is 10.6 Å². The SMILES string of the molecule is CCCC(NC)C(=O)C(=O)Nc1ccc(C)c(C#N)c1. The average molecular weight is 273 g/mol. The van der Waals surface area contributed by atoms with Crippen molar-refractivity contribution >= 4 is 17.4 Å². The van der Waals surface area contributed by atoms with Crippen molar-refractivity contribution in [3.8, 4) is 6.07 Å². The summed E-state index contributed by atoms with van der Waals surface area (Å²) in [6, 6.07) is 6.55. The number of ketones is 1. The largest absolute Gasteiger partial charge is 0.319 e. The second-order valence-electron chi connectivity index (χ2n) is 4.59. The fourth-order valence-electron chi connectivity index (χ4n) is 1.87. The van der Waals surface area contributed by atoms with Crippen LogP contribution in [-0.4, -0.2) is 24.8 Å². The monoisotopic (exact) mass is 273 g/mol. The van der Waals surface area contributed by atoms with Gasteiger partial charge >= 0.3 is 0 Å². The molecule has 2 N–H and O–H groups in total. The molecule has 0 aliphatic carbocycles. The van der Waals surface area contributed by atoms with Crippen LogP contribution in [0.15, 0.2) is 18.2 Å². The van der Waals surface area contributed by atoms with Crippen molar-refractivity contribution in [3.05, 3.63) is 29.3 Å². The summed E-state index contributed by atoms with van der Waals surface area (Å²) < 4.78 is 0. The summed E-state index contributed by atoms with van der Waals surface area (Å²) in [5.41, 5.74) is 1.77. The van der Waals surface area contributed by atoms with Gasteiger partial charge in [0, 0.05) is 5.69 Å². The van der Waals surface area contributed by atoms with Crippen LogP contribution in [-0.2, 0) is 9.59 Å². The van der Waals surface area contributed by atoms with E-state index in [1.54, 1.807) is 25.2 Å². The molecular formula is C15H19N3O2. The van der Waals surface area contributed by atoms with Gasteiger partial charge in [-0.3, -0.25) is 9.59 Å². The molecule has 1 aromatic rings. The highest BCUT2D eigenvalue weighted by molar-refractivity contribution is 6.42. The molecule has 1 unspecified atom stereocenters. The summed E-state index contributed by atoms with van der Waals surface area (Å²) in [5.74, 6) is -1.15. The molecule has 1 atom stereocenters. The molecule has 1 aromatic carbocycles. The Bertz CT molecular complexity index is 547. The lowest BCUT2D eigenvalue weighted by molar-refractivity contribution is -0.136. The van der Waals surface area contributed by atoms with Gasteiger partial charge in [-0.05, 0) is 38.1 Å². The molecule has 5 nitrogen and oxygen atoms in total. The zero-order chi connectivity index (χ0) is 15.1. The predicted molar refractivity (Wildman–Crippen MR) is 77.3 cm³/mol. The molecule has 1 rings (SSSR count). The number of amides is 1. The molecule has 0 radical (unpaired) electrons. The maximum absolute atomic E-state index is 12.0. The van der Waals surface area contributed by atoms with E-state index in [4.69, 9.17) is 5.26 Å². The maximum Gasteiger partial charge on any atom is 0.293 e. The lowest BCUT2D eigenvalue weighted by atomic mass is 10.1. The number of aryl methyl sites for hydroxylation is 1. The number of nitriles is 1. The van der Waals surface area contributed by atoms with Crippen LogP contribution in [0, 0.1) is 18.3 Å².